The molecule has 0 fully saturated rings. The lowest BCUT2D eigenvalue weighted by molar-refractivity contribution is -0.123. The molecule has 1 heterocycles. The highest BCUT2D eigenvalue weighted by Crippen LogP contribution is 2.34. The molecule has 2 N–H and O–H groups in total. The summed E-state index contributed by atoms with van der Waals surface area (Å²) in [6, 6.07) is 11.2. The summed E-state index contributed by atoms with van der Waals surface area (Å²) in [5.41, 5.74) is 0.728. The van der Waals surface area contributed by atoms with Crippen LogP contribution in [0.25, 0.3) is 0 Å². The lowest BCUT2D eigenvalue weighted by atomic mass is 10.2. The van der Waals surface area contributed by atoms with Gasteiger partial charge in [-0.2, -0.15) is 0 Å². The van der Waals surface area contributed by atoms with Crippen LogP contribution >= 0.6 is 11.6 Å². The van der Waals surface area contributed by atoms with Gasteiger partial charge in [-0.05, 0) is 30.3 Å². The van der Waals surface area contributed by atoms with Crippen molar-refractivity contribution in [2.75, 3.05) is 23.4 Å². The number of hydrogen-bond donors (Lipinski definition) is 2. The van der Waals surface area contributed by atoms with Crippen LogP contribution in [0.1, 0.15) is 0 Å². The molecule has 23 heavy (non-hydrogen) atoms. The van der Waals surface area contributed by atoms with E-state index >= 15 is 0 Å². The Kier molecular flexibility index (Phi) is 4.08. The quantitative estimate of drug-likeness (QED) is 0.846. The van der Waals surface area contributed by atoms with E-state index in [0.29, 0.717) is 16.5 Å². The maximum absolute atomic E-state index is 12.2. The van der Waals surface area contributed by atoms with Crippen LogP contribution in [0.4, 0.5) is 11.4 Å². The maximum atomic E-state index is 12.2. The lowest BCUT2D eigenvalue weighted by Crippen LogP contribution is -2.43. The number of halogens is 1. The van der Waals surface area contributed by atoms with Gasteiger partial charge in [0.05, 0.1) is 11.4 Å². The normalized spacial score (nSPS) is 13.3. The SMILES string of the molecule is O=C(CN1C(=O)COc2ccc(Cl)cc21)Nc1ccccc1O. The van der Waals surface area contributed by atoms with Gasteiger partial charge in [-0.15, -0.1) is 0 Å². The van der Waals surface area contributed by atoms with E-state index in [2.05, 4.69) is 5.32 Å². The van der Waals surface area contributed by atoms with Crippen molar-refractivity contribution in [1.29, 1.82) is 0 Å². The van der Waals surface area contributed by atoms with E-state index in [9.17, 15) is 14.7 Å². The van der Waals surface area contributed by atoms with Crippen molar-refractivity contribution in [3.63, 3.8) is 0 Å². The number of carbonyl (C=O) groups is 2. The molecule has 118 valence electrons. The number of benzene rings is 2. The van der Waals surface area contributed by atoms with Crippen LogP contribution in [0.2, 0.25) is 5.02 Å². The standard InChI is InChI=1S/C16H13ClN2O4/c17-10-5-6-14-12(7-10)19(16(22)9-23-14)8-15(21)18-11-3-1-2-4-13(11)20/h1-7,20H,8-9H2,(H,18,21). The zero-order valence-corrected chi connectivity index (χ0v) is 12.7. The van der Waals surface area contributed by atoms with Crippen LogP contribution in [0.3, 0.4) is 0 Å². The first-order valence-corrected chi connectivity index (χ1v) is 7.23. The number of para-hydroxylation sites is 2. The van der Waals surface area contributed by atoms with E-state index in [0.717, 1.165) is 0 Å². The molecule has 0 saturated carbocycles. The number of amides is 2. The van der Waals surface area contributed by atoms with E-state index < -0.39 is 5.91 Å². The maximum Gasteiger partial charge on any atom is 0.265 e. The Morgan fingerprint density at radius 2 is 2.09 bits per heavy atom. The fourth-order valence-electron chi connectivity index (χ4n) is 2.26. The topological polar surface area (TPSA) is 78.9 Å². The molecule has 0 aromatic heterocycles. The zero-order chi connectivity index (χ0) is 16.4. The van der Waals surface area contributed by atoms with Crippen molar-refractivity contribution in [3.05, 3.63) is 47.5 Å². The predicted molar refractivity (Wildman–Crippen MR) is 86.0 cm³/mol. The second kappa shape index (κ2) is 6.18. The van der Waals surface area contributed by atoms with Gasteiger partial charge in [-0.25, -0.2) is 0 Å². The van der Waals surface area contributed by atoms with Gasteiger partial charge in [0.25, 0.3) is 5.91 Å². The molecule has 1 aliphatic heterocycles. The van der Waals surface area contributed by atoms with Gasteiger partial charge in [0.1, 0.15) is 18.0 Å². The zero-order valence-electron chi connectivity index (χ0n) is 12.0. The monoisotopic (exact) mass is 332 g/mol. The van der Waals surface area contributed by atoms with Gasteiger partial charge in [-0.1, -0.05) is 23.7 Å². The highest BCUT2D eigenvalue weighted by atomic mass is 35.5. The van der Waals surface area contributed by atoms with Gasteiger partial charge in [-0.3, -0.25) is 14.5 Å². The minimum Gasteiger partial charge on any atom is -0.506 e. The molecule has 0 aliphatic carbocycles. The highest BCUT2D eigenvalue weighted by molar-refractivity contribution is 6.31. The highest BCUT2D eigenvalue weighted by Gasteiger charge is 2.27. The third kappa shape index (κ3) is 3.22. The number of phenols is 1. The first kappa shape index (κ1) is 15.2. The van der Waals surface area contributed by atoms with Crippen molar-refractivity contribution in [1.82, 2.24) is 0 Å². The minimum absolute atomic E-state index is 0.0439. The molecule has 6 nitrogen and oxygen atoms in total. The van der Waals surface area contributed by atoms with Gasteiger partial charge >= 0.3 is 0 Å². The van der Waals surface area contributed by atoms with Crippen molar-refractivity contribution < 1.29 is 19.4 Å². The predicted octanol–water partition coefficient (Wildman–Crippen LogP) is 2.41. The Bertz CT molecular complexity index is 778. The summed E-state index contributed by atoms with van der Waals surface area (Å²) < 4.78 is 5.32. The van der Waals surface area contributed by atoms with E-state index in [1.165, 1.54) is 11.0 Å². The van der Waals surface area contributed by atoms with Crippen molar-refractivity contribution in [3.8, 4) is 11.5 Å². The molecule has 2 aromatic rings. The number of rotatable bonds is 3. The Labute approximate surface area is 137 Å². The number of anilines is 2. The van der Waals surface area contributed by atoms with Gasteiger partial charge < -0.3 is 15.2 Å². The van der Waals surface area contributed by atoms with E-state index in [1.54, 1.807) is 36.4 Å². The van der Waals surface area contributed by atoms with Crippen LogP contribution < -0.4 is 15.0 Å². The number of fused-ring (bicyclic) bond motifs is 1. The molecular formula is C16H13ClN2O4. The molecule has 1 aliphatic rings. The summed E-state index contributed by atoms with van der Waals surface area (Å²) in [5, 5.41) is 12.7. The molecule has 3 rings (SSSR count). The van der Waals surface area contributed by atoms with Crippen LogP contribution in [0.5, 0.6) is 11.5 Å². The van der Waals surface area contributed by atoms with Crippen molar-refractivity contribution in [2.24, 2.45) is 0 Å². The van der Waals surface area contributed by atoms with E-state index in [4.69, 9.17) is 16.3 Å². The summed E-state index contributed by atoms with van der Waals surface area (Å²) >= 11 is 5.95. The average molecular weight is 333 g/mol. The molecule has 2 amide bonds. The lowest BCUT2D eigenvalue weighted by Gasteiger charge is -2.29. The molecule has 0 unspecified atom stereocenters. The molecule has 2 aromatic carbocycles. The van der Waals surface area contributed by atoms with Crippen molar-refractivity contribution >= 4 is 34.8 Å². The summed E-state index contributed by atoms with van der Waals surface area (Å²) in [4.78, 5) is 25.5. The first-order valence-electron chi connectivity index (χ1n) is 6.85. The van der Waals surface area contributed by atoms with E-state index in [-0.39, 0.29) is 30.5 Å². The van der Waals surface area contributed by atoms with Gasteiger partial charge in [0.2, 0.25) is 5.91 Å². The molecular weight excluding hydrogens is 320 g/mol. The fraction of sp³-hybridized carbons (Fsp3) is 0.125. The Balaban J connectivity index is 1.80. The number of phenolic OH excluding ortho intramolecular Hbond substituents is 1. The fourth-order valence-corrected chi connectivity index (χ4v) is 2.43. The molecule has 0 saturated heterocycles. The second-order valence-corrected chi connectivity index (χ2v) is 5.38. The van der Waals surface area contributed by atoms with Crippen LogP contribution in [0, 0.1) is 0 Å². The Morgan fingerprint density at radius 1 is 1.30 bits per heavy atom. The molecule has 0 radical (unpaired) electrons. The number of hydrogen-bond acceptors (Lipinski definition) is 4. The van der Waals surface area contributed by atoms with Crippen LogP contribution in [-0.2, 0) is 9.59 Å². The molecule has 7 heteroatoms. The van der Waals surface area contributed by atoms with Gasteiger partial charge in [0.15, 0.2) is 6.61 Å². The van der Waals surface area contributed by atoms with Gasteiger partial charge in [0, 0.05) is 5.02 Å². The summed E-state index contributed by atoms with van der Waals surface area (Å²) in [6.07, 6.45) is 0. The first-order chi connectivity index (χ1) is 11.0. The summed E-state index contributed by atoms with van der Waals surface area (Å²) in [7, 11) is 0. The molecule has 0 bridgehead atoms. The number of ether oxygens (including phenoxy) is 1. The third-order valence-corrected chi connectivity index (χ3v) is 3.58. The van der Waals surface area contributed by atoms with Crippen LogP contribution in [0.15, 0.2) is 42.5 Å². The summed E-state index contributed by atoms with van der Waals surface area (Å²) in [6.45, 7) is -0.345. The molecule has 0 atom stereocenters. The number of carbonyl (C=O) groups excluding carboxylic acids is 2. The van der Waals surface area contributed by atoms with E-state index in [1.807, 2.05) is 0 Å². The molecule has 0 spiro atoms. The Morgan fingerprint density at radius 3 is 2.87 bits per heavy atom. The number of nitrogens with one attached hydrogen (secondary N) is 1. The minimum atomic E-state index is -0.437. The second-order valence-electron chi connectivity index (χ2n) is 4.95. The Hall–Kier alpha value is -2.73. The number of aromatic hydroxyl groups is 1. The third-order valence-electron chi connectivity index (χ3n) is 3.34. The smallest absolute Gasteiger partial charge is 0.265 e. The summed E-state index contributed by atoms with van der Waals surface area (Å²) in [5.74, 6) is -0.332. The van der Waals surface area contributed by atoms with Crippen LogP contribution in [-0.4, -0.2) is 30.1 Å². The largest absolute Gasteiger partial charge is 0.506 e. The number of nitrogens with zero attached hydrogens (tertiary/aromatic N) is 1. The van der Waals surface area contributed by atoms with Crippen molar-refractivity contribution in [2.45, 2.75) is 0 Å². The average Bonchev–Trinajstić information content (AvgIpc) is 2.52.